The van der Waals surface area contributed by atoms with Gasteiger partial charge in [0.15, 0.2) is 0 Å². The lowest BCUT2D eigenvalue weighted by molar-refractivity contribution is -0.111. The Labute approximate surface area is 215 Å². The van der Waals surface area contributed by atoms with Crippen molar-refractivity contribution in [3.05, 3.63) is 118 Å². The number of carbonyl (C=O) groups excluding carboxylic acids is 1. The number of pyridine rings is 1. The summed E-state index contributed by atoms with van der Waals surface area (Å²) in [6.07, 6.45) is 4.45. The van der Waals surface area contributed by atoms with Crippen molar-refractivity contribution in [1.29, 1.82) is 0 Å². The Morgan fingerprint density at radius 2 is 1.64 bits per heavy atom. The van der Waals surface area contributed by atoms with Gasteiger partial charge in [-0.3, -0.25) is 18.9 Å². The van der Waals surface area contributed by atoms with Crippen molar-refractivity contribution in [3.63, 3.8) is 0 Å². The molecular weight excluding hydrogens is 499 g/mol. The summed E-state index contributed by atoms with van der Waals surface area (Å²) in [5.74, 6) is 0.769. The van der Waals surface area contributed by atoms with Crippen LogP contribution >= 0.6 is 23.2 Å². The van der Waals surface area contributed by atoms with Gasteiger partial charge in [0.1, 0.15) is 11.5 Å². The lowest BCUT2D eigenvalue weighted by atomic mass is 10.2. The molecule has 0 aliphatic rings. The van der Waals surface area contributed by atoms with Gasteiger partial charge in [0.25, 0.3) is 0 Å². The van der Waals surface area contributed by atoms with Crippen LogP contribution in [0.4, 0.5) is 5.69 Å². The zero-order chi connectivity index (χ0) is 25.2. The van der Waals surface area contributed by atoms with Crippen molar-refractivity contribution in [3.8, 4) is 22.9 Å². The van der Waals surface area contributed by atoms with Crippen LogP contribution in [0.15, 0.2) is 103 Å². The minimum absolute atomic E-state index is 0.289. The van der Waals surface area contributed by atoms with Crippen molar-refractivity contribution in [2.75, 3.05) is 5.32 Å². The molecule has 5 aromatic rings. The molecule has 1 amide bonds. The fourth-order valence-corrected chi connectivity index (χ4v) is 4.09. The highest BCUT2D eigenvalue weighted by atomic mass is 35.5. The second kappa shape index (κ2) is 9.73. The molecule has 0 radical (unpaired) electrons. The van der Waals surface area contributed by atoms with Gasteiger partial charge in [0.05, 0.1) is 38.7 Å². The van der Waals surface area contributed by atoms with Gasteiger partial charge < -0.3 is 10.1 Å². The van der Waals surface area contributed by atoms with Gasteiger partial charge in [-0.1, -0.05) is 35.8 Å². The average Bonchev–Trinajstić information content (AvgIpc) is 3.18. The van der Waals surface area contributed by atoms with Crippen LogP contribution in [0.25, 0.3) is 22.4 Å². The van der Waals surface area contributed by atoms with Crippen LogP contribution in [0.2, 0.25) is 10.0 Å². The first kappa shape index (κ1) is 23.4. The van der Waals surface area contributed by atoms with Crippen LogP contribution in [0, 0.1) is 0 Å². The van der Waals surface area contributed by atoms with E-state index < -0.39 is 0 Å². The minimum atomic E-state index is -0.339. The van der Waals surface area contributed by atoms with Crippen molar-refractivity contribution >= 4 is 45.8 Å². The van der Waals surface area contributed by atoms with Gasteiger partial charge in [0.2, 0.25) is 5.91 Å². The van der Waals surface area contributed by atoms with E-state index >= 15 is 0 Å². The van der Waals surface area contributed by atoms with Gasteiger partial charge in [-0.2, -0.15) is 0 Å². The molecule has 2 heterocycles. The molecule has 0 fully saturated rings. The smallest absolute Gasteiger partial charge is 0.338 e. The summed E-state index contributed by atoms with van der Waals surface area (Å²) in [5.41, 5.74) is 2.77. The van der Waals surface area contributed by atoms with E-state index in [2.05, 4.69) is 16.9 Å². The molecular formula is C27H18Cl2N4O3. The molecule has 5 rings (SSSR count). The normalized spacial score (nSPS) is 10.8. The number of amides is 1. The Balaban J connectivity index is 1.54. The van der Waals surface area contributed by atoms with E-state index in [1.54, 1.807) is 94.3 Å². The van der Waals surface area contributed by atoms with Gasteiger partial charge in [-0.15, -0.1) is 0 Å². The van der Waals surface area contributed by atoms with E-state index in [1.165, 1.54) is 6.08 Å². The zero-order valence-corrected chi connectivity index (χ0v) is 20.2. The van der Waals surface area contributed by atoms with Crippen LogP contribution < -0.4 is 15.7 Å². The van der Waals surface area contributed by atoms with Crippen LogP contribution in [0.1, 0.15) is 0 Å². The van der Waals surface area contributed by atoms with Crippen LogP contribution in [0.5, 0.6) is 11.5 Å². The molecule has 0 aliphatic heterocycles. The molecule has 0 aliphatic carbocycles. The average molecular weight is 517 g/mol. The van der Waals surface area contributed by atoms with Crippen molar-refractivity contribution in [2.24, 2.45) is 0 Å². The number of anilines is 1. The highest BCUT2D eigenvalue weighted by Gasteiger charge is 2.17. The standard InChI is InChI=1S/C27H18Cl2N4O3/c1-2-26(34)31-17-4-3-5-19(14-17)33-24-12-13-30-16-25(24)32(27(33)35)18-6-8-20(9-7-18)36-21-10-11-22(28)23(29)15-21/h2-16H,1H2,(H,31,34). The summed E-state index contributed by atoms with van der Waals surface area (Å²) in [6.45, 7) is 3.47. The molecule has 0 saturated carbocycles. The van der Waals surface area contributed by atoms with Gasteiger partial charge in [-0.05, 0) is 66.7 Å². The summed E-state index contributed by atoms with van der Waals surface area (Å²) in [4.78, 5) is 29.6. The van der Waals surface area contributed by atoms with Gasteiger partial charge in [0, 0.05) is 18.0 Å². The lowest BCUT2D eigenvalue weighted by Gasteiger charge is -2.08. The second-order valence-corrected chi connectivity index (χ2v) is 8.55. The number of fused-ring (bicyclic) bond motifs is 1. The maximum Gasteiger partial charge on any atom is 0.338 e. The van der Waals surface area contributed by atoms with E-state index in [9.17, 15) is 9.59 Å². The van der Waals surface area contributed by atoms with E-state index in [1.807, 2.05) is 0 Å². The number of nitrogens with zero attached hydrogens (tertiary/aromatic N) is 3. The molecule has 1 N–H and O–H groups in total. The molecule has 9 heteroatoms. The number of imidazole rings is 1. The number of ether oxygens (including phenoxy) is 1. The predicted molar refractivity (Wildman–Crippen MR) is 142 cm³/mol. The lowest BCUT2D eigenvalue weighted by Crippen LogP contribution is -2.22. The molecule has 0 atom stereocenters. The topological polar surface area (TPSA) is 78.2 Å². The number of nitrogens with one attached hydrogen (secondary N) is 1. The third kappa shape index (κ3) is 4.49. The summed E-state index contributed by atoms with van der Waals surface area (Å²) < 4.78 is 9.00. The first-order valence-electron chi connectivity index (χ1n) is 10.8. The van der Waals surface area contributed by atoms with Crippen molar-refractivity contribution in [2.45, 2.75) is 0 Å². The van der Waals surface area contributed by atoms with Gasteiger partial charge in [-0.25, -0.2) is 4.79 Å². The maximum absolute atomic E-state index is 13.7. The number of rotatable bonds is 6. The number of benzene rings is 3. The third-order valence-corrected chi connectivity index (χ3v) is 6.16. The summed E-state index contributed by atoms with van der Waals surface area (Å²) >= 11 is 12.0. The van der Waals surface area contributed by atoms with Crippen molar-refractivity contribution < 1.29 is 9.53 Å². The van der Waals surface area contributed by atoms with E-state index in [-0.39, 0.29) is 11.6 Å². The highest BCUT2D eigenvalue weighted by Crippen LogP contribution is 2.30. The van der Waals surface area contributed by atoms with E-state index in [4.69, 9.17) is 27.9 Å². The Bertz CT molecular complexity index is 1670. The molecule has 178 valence electrons. The van der Waals surface area contributed by atoms with Gasteiger partial charge >= 0.3 is 5.69 Å². The first-order chi connectivity index (χ1) is 17.4. The number of halogens is 2. The largest absolute Gasteiger partial charge is 0.457 e. The first-order valence-corrected chi connectivity index (χ1v) is 11.5. The molecule has 7 nitrogen and oxygen atoms in total. The number of aromatic nitrogens is 3. The van der Waals surface area contributed by atoms with Crippen LogP contribution in [-0.4, -0.2) is 20.0 Å². The van der Waals surface area contributed by atoms with Crippen LogP contribution in [0.3, 0.4) is 0 Å². The predicted octanol–water partition coefficient (Wildman–Crippen LogP) is 6.40. The molecule has 0 bridgehead atoms. The van der Waals surface area contributed by atoms with Crippen molar-refractivity contribution in [1.82, 2.24) is 14.1 Å². The molecule has 0 saturated heterocycles. The Morgan fingerprint density at radius 3 is 2.39 bits per heavy atom. The zero-order valence-electron chi connectivity index (χ0n) is 18.7. The molecule has 0 unspecified atom stereocenters. The van der Waals surface area contributed by atoms with Crippen LogP contribution in [-0.2, 0) is 4.79 Å². The third-order valence-electron chi connectivity index (χ3n) is 5.42. The number of carbonyl (C=O) groups is 1. The number of hydrogen-bond donors (Lipinski definition) is 1. The Morgan fingerprint density at radius 1 is 0.889 bits per heavy atom. The Hall–Kier alpha value is -4.33. The molecule has 2 aromatic heterocycles. The monoisotopic (exact) mass is 516 g/mol. The van der Waals surface area contributed by atoms with E-state index in [0.29, 0.717) is 49.6 Å². The summed E-state index contributed by atoms with van der Waals surface area (Å²) in [7, 11) is 0. The Kier molecular flexibility index (Phi) is 6.33. The number of hydrogen-bond acceptors (Lipinski definition) is 4. The van der Waals surface area contributed by atoms with E-state index in [0.717, 1.165) is 0 Å². The maximum atomic E-state index is 13.7. The fraction of sp³-hybridized carbons (Fsp3) is 0. The fourth-order valence-electron chi connectivity index (χ4n) is 3.80. The minimum Gasteiger partial charge on any atom is -0.457 e. The summed E-state index contributed by atoms with van der Waals surface area (Å²) in [5, 5.41) is 3.56. The molecule has 3 aromatic carbocycles. The highest BCUT2D eigenvalue weighted by molar-refractivity contribution is 6.42. The molecule has 36 heavy (non-hydrogen) atoms. The quantitative estimate of drug-likeness (QED) is 0.265. The SMILES string of the molecule is C=CC(=O)Nc1cccc(-n2c(=O)n(-c3ccc(Oc4ccc(Cl)c(Cl)c4)cc3)c3cnccc32)c1. The second-order valence-electron chi connectivity index (χ2n) is 7.73. The summed E-state index contributed by atoms with van der Waals surface area (Å²) in [6, 6.07) is 20.9. The molecule has 0 spiro atoms.